The first kappa shape index (κ1) is 6.94. The SMILES string of the molecule is IC=CC=CI. The molecule has 0 amide bonds. The summed E-state index contributed by atoms with van der Waals surface area (Å²) < 4.78 is 3.93. The average molecular weight is 306 g/mol. The molecule has 0 aliphatic carbocycles. The first-order valence-electron chi connectivity index (χ1n) is 1.44. The lowest BCUT2D eigenvalue weighted by Crippen LogP contribution is -1.33. The first-order valence-corrected chi connectivity index (χ1v) is 3.93. The summed E-state index contributed by atoms with van der Waals surface area (Å²) in [4.78, 5) is 0. The van der Waals surface area contributed by atoms with Gasteiger partial charge in [-0.05, 0) is 8.17 Å². The highest BCUT2D eigenvalue weighted by molar-refractivity contribution is 14.1. The van der Waals surface area contributed by atoms with Crippen LogP contribution >= 0.6 is 45.2 Å². The maximum Gasteiger partial charge on any atom is -0.0234 e. The predicted octanol–water partition coefficient (Wildman–Crippen LogP) is 2.88. The summed E-state index contributed by atoms with van der Waals surface area (Å²) in [5, 5.41) is 0. The van der Waals surface area contributed by atoms with Crippen molar-refractivity contribution in [2.75, 3.05) is 0 Å². The normalized spacial score (nSPS) is 11.7. The van der Waals surface area contributed by atoms with E-state index in [9.17, 15) is 0 Å². The number of rotatable bonds is 1. The van der Waals surface area contributed by atoms with Gasteiger partial charge in [-0.1, -0.05) is 57.3 Å². The quantitative estimate of drug-likeness (QED) is 0.516. The van der Waals surface area contributed by atoms with Crippen molar-refractivity contribution < 1.29 is 0 Å². The molecule has 0 saturated heterocycles. The second kappa shape index (κ2) is 5.94. The average Bonchev–Trinajstić information content (AvgIpc) is 1.61. The Morgan fingerprint density at radius 1 is 0.833 bits per heavy atom. The number of hydrogen-bond acceptors (Lipinski definition) is 0. The minimum absolute atomic E-state index is 1.97. The van der Waals surface area contributed by atoms with Gasteiger partial charge in [-0.15, -0.1) is 0 Å². The Bertz CT molecular complexity index is 53.9. The molecule has 0 spiro atoms. The smallest absolute Gasteiger partial charge is 0.0234 e. The summed E-state index contributed by atoms with van der Waals surface area (Å²) in [7, 11) is 0. The third kappa shape index (κ3) is 4.94. The zero-order valence-corrected chi connectivity index (χ0v) is 7.38. The van der Waals surface area contributed by atoms with Gasteiger partial charge < -0.3 is 0 Å². The van der Waals surface area contributed by atoms with Crippen LogP contribution in [-0.2, 0) is 0 Å². The van der Waals surface area contributed by atoms with E-state index in [4.69, 9.17) is 0 Å². The highest BCUT2D eigenvalue weighted by Gasteiger charge is 1.51. The third-order valence-corrected chi connectivity index (χ3v) is 1.09. The molecule has 0 fully saturated rings. The maximum atomic E-state index is 2.18. The topological polar surface area (TPSA) is 0 Å². The maximum absolute atomic E-state index is 2.18. The van der Waals surface area contributed by atoms with E-state index in [1.54, 1.807) is 0 Å². The lowest BCUT2D eigenvalue weighted by atomic mass is 10.6. The van der Waals surface area contributed by atoms with Crippen molar-refractivity contribution in [2.24, 2.45) is 0 Å². The second-order valence-corrected chi connectivity index (χ2v) is 2.08. The van der Waals surface area contributed by atoms with Crippen LogP contribution in [0.4, 0.5) is 0 Å². The predicted molar refractivity (Wildman–Crippen MR) is 46.3 cm³/mol. The van der Waals surface area contributed by atoms with E-state index in [2.05, 4.69) is 45.2 Å². The van der Waals surface area contributed by atoms with E-state index in [1.165, 1.54) is 0 Å². The van der Waals surface area contributed by atoms with Crippen molar-refractivity contribution in [3.05, 3.63) is 20.3 Å². The van der Waals surface area contributed by atoms with E-state index in [0.717, 1.165) is 0 Å². The summed E-state index contributed by atoms with van der Waals surface area (Å²) in [5.41, 5.74) is 0. The van der Waals surface area contributed by atoms with Crippen molar-refractivity contribution in [1.82, 2.24) is 0 Å². The molecule has 0 rings (SSSR count). The summed E-state index contributed by atoms with van der Waals surface area (Å²) in [6.07, 6.45) is 3.96. The lowest BCUT2D eigenvalue weighted by Gasteiger charge is -1.60. The van der Waals surface area contributed by atoms with E-state index in [1.807, 2.05) is 20.3 Å². The minimum Gasteiger partial charge on any atom is -0.0557 e. The second-order valence-electron chi connectivity index (χ2n) is 0.637. The van der Waals surface area contributed by atoms with Gasteiger partial charge in [0.05, 0.1) is 0 Å². The third-order valence-electron chi connectivity index (χ3n) is 0.257. The highest BCUT2D eigenvalue weighted by Crippen LogP contribution is 1.87. The molecule has 0 aliphatic rings. The Kier molecular flexibility index (Phi) is 6.87. The van der Waals surface area contributed by atoms with Crippen LogP contribution in [0.1, 0.15) is 0 Å². The van der Waals surface area contributed by atoms with E-state index >= 15 is 0 Å². The van der Waals surface area contributed by atoms with E-state index in [0.29, 0.717) is 0 Å². The summed E-state index contributed by atoms with van der Waals surface area (Å²) in [6, 6.07) is 0. The van der Waals surface area contributed by atoms with Crippen molar-refractivity contribution in [3.63, 3.8) is 0 Å². The van der Waals surface area contributed by atoms with Crippen molar-refractivity contribution in [1.29, 1.82) is 0 Å². The largest absolute Gasteiger partial charge is 0.0557 e. The van der Waals surface area contributed by atoms with Crippen LogP contribution < -0.4 is 0 Å². The van der Waals surface area contributed by atoms with Crippen molar-refractivity contribution in [3.8, 4) is 0 Å². The van der Waals surface area contributed by atoms with Gasteiger partial charge in [-0.3, -0.25) is 0 Å². The summed E-state index contributed by atoms with van der Waals surface area (Å²) >= 11 is 4.35. The van der Waals surface area contributed by atoms with Crippen LogP contribution in [0.5, 0.6) is 0 Å². The van der Waals surface area contributed by atoms with Crippen LogP contribution in [0.15, 0.2) is 20.3 Å². The van der Waals surface area contributed by atoms with Gasteiger partial charge in [0, 0.05) is 0 Å². The molecule has 0 aromatic carbocycles. The van der Waals surface area contributed by atoms with Crippen LogP contribution in [0.25, 0.3) is 0 Å². The molecule has 0 N–H and O–H groups in total. The molecule has 0 saturated carbocycles. The van der Waals surface area contributed by atoms with Crippen molar-refractivity contribution >= 4 is 45.2 Å². The summed E-state index contributed by atoms with van der Waals surface area (Å²) in [6.45, 7) is 0. The molecular weight excluding hydrogens is 302 g/mol. The van der Waals surface area contributed by atoms with Gasteiger partial charge in [0.1, 0.15) is 0 Å². The van der Waals surface area contributed by atoms with Gasteiger partial charge >= 0.3 is 0 Å². The number of allylic oxidation sites excluding steroid dienone is 2. The van der Waals surface area contributed by atoms with Crippen LogP contribution in [0, 0.1) is 0 Å². The number of hydrogen-bond donors (Lipinski definition) is 0. The molecule has 6 heavy (non-hydrogen) atoms. The Morgan fingerprint density at radius 2 is 1.17 bits per heavy atom. The fourth-order valence-corrected chi connectivity index (χ4v) is 0.563. The van der Waals surface area contributed by atoms with Gasteiger partial charge in [0.25, 0.3) is 0 Å². The van der Waals surface area contributed by atoms with Crippen LogP contribution in [0.2, 0.25) is 0 Å². The number of halogens is 2. The zero-order chi connectivity index (χ0) is 4.83. The molecule has 0 aromatic rings. The summed E-state index contributed by atoms with van der Waals surface area (Å²) in [5.74, 6) is 0. The Morgan fingerprint density at radius 3 is 1.33 bits per heavy atom. The molecule has 2 heteroatoms. The van der Waals surface area contributed by atoms with E-state index in [-0.39, 0.29) is 0 Å². The molecule has 0 aromatic heterocycles. The Balaban J connectivity index is 3.07. The fraction of sp³-hybridized carbons (Fsp3) is 0. The molecular formula is C4H4I2. The van der Waals surface area contributed by atoms with Gasteiger partial charge in [-0.2, -0.15) is 0 Å². The monoisotopic (exact) mass is 306 g/mol. The molecule has 0 unspecified atom stereocenters. The standard InChI is InChI=1S/C4H4I2/c5-3-1-2-4-6/h1-4H. The zero-order valence-electron chi connectivity index (χ0n) is 3.07. The molecule has 0 radical (unpaired) electrons. The first-order chi connectivity index (χ1) is 2.91. The van der Waals surface area contributed by atoms with Crippen molar-refractivity contribution in [2.45, 2.75) is 0 Å². The molecule has 0 aliphatic heterocycles. The lowest BCUT2D eigenvalue weighted by molar-refractivity contribution is 2.13. The minimum atomic E-state index is 1.97. The van der Waals surface area contributed by atoms with Crippen LogP contribution in [-0.4, -0.2) is 0 Å². The molecule has 0 bridgehead atoms. The van der Waals surface area contributed by atoms with Gasteiger partial charge in [0.2, 0.25) is 0 Å². The van der Waals surface area contributed by atoms with E-state index < -0.39 is 0 Å². The fourth-order valence-electron chi connectivity index (χ4n) is 0.0840. The molecule has 0 nitrogen and oxygen atoms in total. The highest BCUT2D eigenvalue weighted by atomic mass is 127. The molecule has 34 valence electrons. The van der Waals surface area contributed by atoms with Crippen LogP contribution in [0.3, 0.4) is 0 Å². The molecule has 0 heterocycles. The Labute approximate surface area is 65.0 Å². The van der Waals surface area contributed by atoms with Gasteiger partial charge in [-0.25, -0.2) is 0 Å². The molecule has 0 atom stereocenters. The van der Waals surface area contributed by atoms with Gasteiger partial charge in [0.15, 0.2) is 0 Å². The Hall–Kier alpha value is 0.940.